The SMILES string of the molecule is CC(C)NS(=O)(=O)[C@@H]1CCN(C[C@H](O)C2CCCCC2)C1. The van der Waals surface area contributed by atoms with E-state index in [2.05, 4.69) is 9.62 Å². The average Bonchev–Trinajstić information content (AvgIpc) is 2.87. The predicted octanol–water partition coefficient (Wildman–Crippen LogP) is 1.33. The van der Waals surface area contributed by atoms with Gasteiger partial charge in [0.15, 0.2) is 0 Å². The van der Waals surface area contributed by atoms with Crippen LogP contribution >= 0.6 is 0 Å². The van der Waals surface area contributed by atoms with Crippen LogP contribution in [0.1, 0.15) is 52.4 Å². The van der Waals surface area contributed by atoms with Gasteiger partial charge in [-0.05, 0) is 45.6 Å². The second-order valence-corrected chi connectivity index (χ2v) is 8.95. The molecule has 0 aromatic heterocycles. The molecule has 0 spiro atoms. The molecule has 2 N–H and O–H groups in total. The van der Waals surface area contributed by atoms with Crippen molar-refractivity contribution in [1.82, 2.24) is 9.62 Å². The van der Waals surface area contributed by atoms with Crippen LogP contribution in [0.3, 0.4) is 0 Å². The van der Waals surface area contributed by atoms with Crippen LogP contribution in [-0.2, 0) is 10.0 Å². The summed E-state index contributed by atoms with van der Waals surface area (Å²) in [5, 5.41) is 10.0. The van der Waals surface area contributed by atoms with E-state index in [1.54, 1.807) is 0 Å². The van der Waals surface area contributed by atoms with Gasteiger partial charge in [-0.25, -0.2) is 13.1 Å². The highest BCUT2D eigenvalue weighted by molar-refractivity contribution is 7.90. The largest absolute Gasteiger partial charge is 0.392 e. The van der Waals surface area contributed by atoms with Gasteiger partial charge >= 0.3 is 0 Å². The molecule has 2 fully saturated rings. The fourth-order valence-electron chi connectivity index (χ4n) is 3.57. The normalized spacial score (nSPS) is 27.3. The maximum Gasteiger partial charge on any atom is 0.216 e. The van der Waals surface area contributed by atoms with E-state index in [0.717, 1.165) is 19.4 Å². The lowest BCUT2D eigenvalue weighted by Gasteiger charge is -2.29. The first-order valence-corrected chi connectivity index (χ1v) is 9.84. The highest BCUT2D eigenvalue weighted by atomic mass is 32.2. The molecule has 2 rings (SSSR count). The lowest BCUT2D eigenvalue weighted by molar-refractivity contribution is 0.0545. The van der Waals surface area contributed by atoms with Crippen molar-refractivity contribution in [3.8, 4) is 0 Å². The molecule has 1 aliphatic heterocycles. The van der Waals surface area contributed by atoms with Gasteiger partial charge in [-0.3, -0.25) is 4.90 Å². The first-order chi connectivity index (χ1) is 9.88. The average molecular weight is 318 g/mol. The van der Waals surface area contributed by atoms with Crippen molar-refractivity contribution in [2.45, 2.75) is 69.8 Å². The minimum absolute atomic E-state index is 0.0584. The Kier molecular flexibility index (Phi) is 6.05. The Balaban J connectivity index is 1.82. The van der Waals surface area contributed by atoms with Crippen molar-refractivity contribution in [1.29, 1.82) is 0 Å². The number of hydrogen-bond acceptors (Lipinski definition) is 4. The maximum absolute atomic E-state index is 12.2. The number of nitrogens with one attached hydrogen (secondary N) is 1. The minimum Gasteiger partial charge on any atom is -0.392 e. The molecule has 6 heteroatoms. The van der Waals surface area contributed by atoms with Crippen LogP contribution in [0, 0.1) is 5.92 Å². The fourth-order valence-corrected chi connectivity index (χ4v) is 5.25. The number of aliphatic hydroxyl groups is 1. The van der Waals surface area contributed by atoms with E-state index in [4.69, 9.17) is 0 Å². The van der Waals surface area contributed by atoms with Crippen molar-refractivity contribution in [3.63, 3.8) is 0 Å². The van der Waals surface area contributed by atoms with Crippen molar-refractivity contribution in [2.75, 3.05) is 19.6 Å². The van der Waals surface area contributed by atoms with E-state index in [1.807, 2.05) is 13.8 Å². The van der Waals surface area contributed by atoms with Crippen molar-refractivity contribution in [2.24, 2.45) is 5.92 Å². The molecule has 1 aliphatic carbocycles. The Labute approximate surface area is 129 Å². The monoisotopic (exact) mass is 318 g/mol. The molecule has 0 aromatic rings. The lowest BCUT2D eigenvalue weighted by Crippen LogP contribution is -2.41. The number of hydrogen-bond donors (Lipinski definition) is 2. The van der Waals surface area contributed by atoms with Gasteiger partial charge in [0.05, 0.1) is 11.4 Å². The molecule has 21 heavy (non-hydrogen) atoms. The van der Waals surface area contributed by atoms with E-state index in [1.165, 1.54) is 19.3 Å². The number of nitrogens with zero attached hydrogens (tertiary/aromatic N) is 1. The minimum atomic E-state index is -3.23. The second kappa shape index (κ2) is 7.40. The summed E-state index contributed by atoms with van der Waals surface area (Å²) >= 11 is 0. The molecule has 1 saturated carbocycles. The van der Waals surface area contributed by atoms with E-state index < -0.39 is 10.0 Å². The topological polar surface area (TPSA) is 69.6 Å². The standard InChI is InChI=1S/C15H30N2O3S/c1-12(2)16-21(19,20)14-8-9-17(10-14)11-15(18)13-6-4-3-5-7-13/h12-16,18H,3-11H2,1-2H3/t14-,15+/m1/s1. The summed E-state index contributed by atoms with van der Waals surface area (Å²) in [5.41, 5.74) is 0. The molecule has 0 bridgehead atoms. The zero-order valence-corrected chi connectivity index (χ0v) is 14.1. The Bertz CT molecular complexity index is 419. The number of β-amino-alcohol motifs (C(OH)–C–C–N with tert-alkyl or cyclic N) is 1. The van der Waals surface area contributed by atoms with Crippen LogP contribution < -0.4 is 4.72 Å². The number of rotatable bonds is 6. The van der Waals surface area contributed by atoms with Gasteiger partial charge in [0, 0.05) is 19.1 Å². The van der Waals surface area contributed by atoms with Crippen molar-refractivity contribution < 1.29 is 13.5 Å². The highest BCUT2D eigenvalue weighted by Crippen LogP contribution is 2.27. The Morgan fingerprint density at radius 2 is 1.86 bits per heavy atom. The molecule has 5 nitrogen and oxygen atoms in total. The lowest BCUT2D eigenvalue weighted by atomic mass is 9.85. The van der Waals surface area contributed by atoms with Gasteiger partial charge in [-0.1, -0.05) is 19.3 Å². The molecule has 1 saturated heterocycles. The third kappa shape index (κ3) is 4.91. The van der Waals surface area contributed by atoms with Gasteiger partial charge in [0.2, 0.25) is 10.0 Å². The van der Waals surface area contributed by atoms with Crippen LogP contribution in [0.25, 0.3) is 0 Å². The third-order valence-corrected chi connectivity index (χ3v) is 6.77. The zero-order chi connectivity index (χ0) is 15.5. The van der Waals surface area contributed by atoms with Gasteiger partial charge in [0.25, 0.3) is 0 Å². The number of sulfonamides is 1. The molecular formula is C15H30N2O3S. The van der Waals surface area contributed by atoms with Crippen LogP contribution in [0.15, 0.2) is 0 Å². The summed E-state index contributed by atoms with van der Waals surface area (Å²) in [6.07, 6.45) is 6.32. The molecular weight excluding hydrogens is 288 g/mol. The molecule has 0 amide bonds. The van der Waals surface area contributed by atoms with E-state index >= 15 is 0 Å². The quantitative estimate of drug-likeness (QED) is 0.775. The van der Waals surface area contributed by atoms with Crippen LogP contribution in [0.4, 0.5) is 0 Å². The predicted molar refractivity (Wildman–Crippen MR) is 84.6 cm³/mol. The first-order valence-electron chi connectivity index (χ1n) is 8.30. The summed E-state index contributed by atoms with van der Waals surface area (Å²) < 4.78 is 27.0. The van der Waals surface area contributed by atoms with Gasteiger partial charge in [-0.2, -0.15) is 0 Å². The van der Waals surface area contributed by atoms with Crippen molar-refractivity contribution >= 4 is 10.0 Å². The molecule has 2 aliphatic rings. The molecule has 124 valence electrons. The van der Waals surface area contributed by atoms with E-state index in [9.17, 15) is 13.5 Å². The van der Waals surface area contributed by atoms with Crippen LogP contribution in [-0.4, -0.2) is 55.5 Å². The third-order valence-electron chi connectivity index (χ3n) is 4.71. The summed E-state index contributed by atoms with van der Waals surface area (Å²) in [7, 11) is -3.23. The summed E-state index contributed by atoms with van der Waals surface area (Å²) in [4.78, 5) is 2.11. The number of likely N-dealkylation sites (tertiary alicyclic amines) is 1. The molecule has 2 atom stereocenters. The molecule has 1 heterocycles. The maximum atomic E-state index is 12.2. The Morgan fingerprint density at radius 1 is 1.19 bits per heavy atom. The Hall–Kier alpha value is -0.170. The zero-order valence-electron chi connectivity index (χ0n) is 13.3. The smallest absolute Gasteiger partial charge is 0.216 e. The van der Waals surface area contributed by atoms with Gasteiger partial charge in [0.1, 0.15) is 0 Å². The van der Waals surface area contributed by atoms with Crippen LogP contribution in [0.5, 0.6) is 0 Å². The summed E-state index contributed by atoms with van der Waals surface area (Å²) in [6, 6.07) is -0.0584. The molecule has 0 unspecified atom stereocenters. The Morgan fingerprint density at radius 3 is 2.48 bits per heavy atom. The van der Waals surface area contributed by atoms with Crippen LogP contribution in [0.2, 0.25) is 0 Å². The van der Waals surface area contributed by atoms with Gasteiger partial charge < -0.3 is 5.11 Å². The molecule has 0 aromatic carbocycles. The highest BCUT2D eigenvalue weighted by Gasteiger charge is 2.35. The summed E-state index contributed by atoms with van der Waals surface area (Å²) in [5.74, 6) is 0.406. The van der Waals surface area contributed by atoms with E-state index in [-0.39, 0.29) is 17.4 Å². The van der Waals surface area contributed by atoms with E-state index in [0.29, 0.717) is 25.4 Å². The van der Waals surface area contributed by atoms with Gasteiger partial charge in [-0.15, -0.1) is 0 Å². The van der Waals surface area contributed by atoms with Crippen molar-refractivity contribution in [3.05, 3.63) is 0 Å². The second-order valence-electron chi connectivity index (χ2n) is 6.95. The first kappa shape index (κ1) is 17.2. The molecule has 0 radical (unpaired) electrons. The fraction of sp³-hybridized carbons (Fsp3) is 1.00. The summed E-state index contributed by atoms with van der Waals surface area (Å²) in [6.45, 7) is 5.63. The number of aliphatic hydroxyl groups excluding tert-OH is 1.